The van der Waals surface area contributed by atoms with Crippen molar-refractivity contribution in [3.8, 4) is 0 Å². The summed E-state index contributed by atoms with van der Waals surface area (Å²) in [6.45, 7) is 0.128. The van der Waals surface area contributed by atoms with Crippen LogP contribution in [0.15, 0.2) is 60.7 Å². The third kappa shape index (κ3) is 8.71. The van der Waals surface area contributed by atoms with E-state index in [1.54, 1.807) is 0 Å². The van der Waals surface area contributed by atoms with E-state index >= 15 is 0 Å². The molecule has 0 unspecified atom stereocenters. The van der Waals surface area contributed by atoms with Crippen molar-refractivity contribution in [1.82, 2.24) is 5.32 Å². The Kier molecular flexibility index (Phi) is 8.91. The van der Waals surface area contributed by atoms with Gasteiger partial charge in [0.05, 0.1) is 11.9 Å². The molecule has 2 aromatic rings. The maximum Gasteiger partial charge on any atom is 0.407 e. The van der Waals surface area contributed by atoms with Crippen LogP contribution in [0.4, 0.5) is 4.79 Å². The quantitative estimate of drug-likeness (QED) is 0.541. The van der Waals surface area contributed by atoms with Crippen molar-refractivity contribution in [1.29, 1.82) is 0 Å². The standard InChI is InChI=1S/C24H31NO5S/c26-24(29-18-21-12-6-2-7-13-21)25-22(17-16-20-10-4-1-5-11-20)19-31(27,28)30-23-14-8-3-9-15-23/h1-2,4-7,10-13,22-23H,3,8-9,14-19H2,(H,25,26)/t22-/m1/s1. The van der Waals surface area contributed by atoms with Crippen LogP contribution in [0.3, 0.4) is 0 Å². The van der Waals surface area contributed by atoms with E-state index in [1.165, 1.54) is 0 Å². The topological polar surface area (TPSA) is 81.7 Å². The summed E-state index contributed by atoms with van der Waals surface area (Å²) in [6.07, 6.45) is 4.85. The van der Waals surface area contributed by atoms with Crippen LogP contribution in [0, 0.1) is 0 Å². The highest BCUT2D eigenvalue weighted by atomic mass is 32.2. The molecule has 0 bridgehead atoms. The smallest absolute Gasteiger partial charge is 0.407 e. The molecule has 1 aliphatic rings. The molecule has 168 valence electrons. The van der Waals surface area contributed by atoms with Gasteiger partial charge >= 0.3 is 6.09 Å². The Morgan fingerprint density at radius 3 is 2.19 bits per heavy atom. The first-order chi connectivity index (χ1) is 15.0. The first kappa shape index (κ1) is 23.3. The van der Waals surface area contributed by atoms with Gasteiger partial charge < -0.3 is 10.1 Å². The number of aryl methyl sites for hydroxylation is 1. The van der Waals surface area contributed by atoms with E-state index in [-0.39, 0.29) is 18.5 Å². The summed E-state index contributed by atoms with van der Waals surface area (Å²) in [4.78, 5) is 12.3. The Balaban J connectivity index is 1.58. The molecule has 7 heteroatoms. The van der Waals surface area contributed by atoms with Gasteiger partial charge in [-0.05, 0) is 36.8 Å². The molecule has 0 aliphatic heterocycles. The Hall–Kier alpha value is -2.38. The van der Waals surface area contributed by atoms with Crippen molar-refractivity contribution in [3.05, 3.63) is 71.8 Å². The molecule has 0 saturated heterocycles. The predicted octanol–water partition coefficient (Wildman–Crippen LogP) is 4.59. The van der Waals surface area contributed by atoms with E-state index in [0.29, 0.717) is 12.8 Å². The molecular weight excluding hydrogens is 414 g/mol. The van der Waals surface area contributed by atoms with Gasteiger partial charge in [-0.2, -0.15) is 8.42 Å². The molecule has 1 N–H and O–H groups in total. The molecule has 1 atom stereocenters. The highest BCUT2D eigenvalue weighted by Crippen LogP contribution is 2.22. The van der Waals surface area contributed by atoms with Gasteiger partial charge in [-0.3, -0.25) is 4.18 Å². The maximum absolute atomic E-state index is 12.7. The van der Waals surface area contributed by atoms with Gasteiger partial charge in [-0.25, -0.2) is 4.79 Å². The van der Waals surface area contributed by atoms with Gasteiger partial charge in [0.1, 0.15) is 6.61 Å². The molecule has 6 nitrogen and oxygen atoms in total. The van der Waals surface area contributed by atoms with E-state index in [1.807, 2.05) is 60.7 Å². The lowest BCUT2D eigenvalue weighted by Gasteiger charge is -2.23. The summed E-state index contributed by atoms with van der Waals surface area (Å²) in [5.41, 5.74) is 1.95. The van der Waals surface area contributed by atoms with Gasteiger partial charge in [0, 0.05) is 6.04 Å². The number of alkyl carbamates (subject to hydrolysis) is 1. The summed E-state index contributed by atoms with van der Waals surface area (Å²) in [7, 11) is -3.77. The number of amides is 1. The number of nitrogens with one attached hydrogen (secondary N) is 1. The van der Waals surface area contributed by atoms with Crippen LogP contribution in [-0.4, -0.2) is 32.4 Å². The second-order valence-electron chi connectivity index (χ2n) is 8.01. The molecule has 3 rings (SSSR count). The summed E-state index contributed by atoms with van der Waals surface area (Å²) < 4.78 is 36.1. The number of benzene rings is 2. The molecule has 2 aromatic carbocycles. The Bertz CT molecular complexity index is 896. The van der Waals surface area contributed by atoms with Gasteiger partial charge in [0.15, 0.2) is 0 Å². The van der Waals surface area contributed by atoms with E-state index in [9.17, 15) is 13.2 Å². The largest absolute Gasteiger partial charge is 0.445 e. The van der Waals surface area contributed by atoms with Crippen molar-refractivity contribution < 1.29 is 22.1 Å². The molecule has 0 spiro atoms. The zero-order valence-corrected chi connectivity index (χ0v) is 18.6. The average Bonchev–Trinajstić information content (AvgIpc) is 2.77. The summed E-state index contributed by atoms with van der Waals surface area (Å²) >= 11 is 0. The van der Waals surface area contributed by atoms with Crippen molar-refractivity contribution in [2.24, 2.45) is 0 Å². The van der Waals surface area contributed by atoms with Crippen LogP contribution in [0.25, 0.3) is 0 Å². The molecule has 1 amide bonds. The minimum absolute atomic E-state index is 0.128. The van der Waals surface area contributed by atoms with Crippen LogP contribution in [0.5, 0.6) is 0 Å². The fourth-order valence-corrected chi connectivity index (χ4v) is 5.20. The summed E-state index contributed by atoms with van der Waals surface area (Å²) in [6, 6.07) is 18.5. The molecule has 1 fully saturated rings. The maximum atomic E-state index is 12.7. The van der Waals surface area contributed by atoms with Crippen molar-refractivity contribution in [2.45, 2.75) is 63.7 Å². The molecule has 0 heterocycles. The molecule has 1 aliphatic carbocycles. The summed E-state index contributed by atoms with van der Waals surface area (Å²) in [5, 5.41) is 2.73. The van der Waals surface area contributed by atoms with Gasteiger partial charge in [-0.15, -0.1) is 0 Å². The van der Waals surface area contributed by atoms with Gasteiger partial charge in [0.25, 0.3) is 10.1 Å². The lowest BCUT2D eigenvalue weighted by Crippen LogP contribution is -2.41. The first-order valence-electron chi connectivity index (χ1n) is 10.9. The van der Waals surface area contributed by atoms with Crippen molar-refractivity contribution in [2.75, 3.05) is 5.75 Å². The SMILES string of the molecule is O=C(N[C@H](CCc1ccccc1)CS(=O)(=O)OC1CCCCC1)OCc1ccccc1. The second-order valence-corrected chi connectivity index (χ2v) is 9.65. The molecule has 0 aromatic heterocycles. The van der Waals surface area contributed by atoms with Crippen LogP contribution < -0.4 is 5.32 Å². The van der Waals surface area contributed by atoms with E-state index in [0.717, 1.165) is 43.2 Å². The fraction of sp³-hybridized carbons (Fsp3) is 0.458. The molecule has 31 heavy (non-hydrogen) atoms. The molecular formula is C24H31NO5S. The van der Waals surface area contributed by atoms with Gasteiger partial charge in [-0.1, -0.05) is 79.9 Å². The highest BCUT2D eigenvalue weighted by Gasteiger charge is 2.26. The van der Waals surface area contributed by atoms with E-state index in [4.69, 9.17) is 8.92 Å². The Morgan fingerprint density at radius 1 is 0.935 bits per heavy atom. The molecule has 1 saturated carbocycles. The Morgan fingerprint density at radius 2 is 1.55 bits per heavy atom. The normalized spacial score (nSPS) is 15.9. The van der Waals surface area contributed by atoms with E-state index < -0.39 is 22.3 Å². The number of ether oxygens (including phenoxy) is 1. The Labute approximate surface area is 185 Å². The van der Waals surface area contributed by atoms with Crippen LogP contribution in [0.1, 0.15) is 49.7 Å². The van der Waals surface area contributed by atoms with Crippen molar-refractivity contribution >= 4 is 16.2 Å². The van der Waals surface area contributed by atoms with Crippen LogP contribution in [-0.2, 0) is 32.1 Å². The van der Waals surface area contributed by atoms with Crippen LogP contribution in [0.2, 0.25) is 0 Å². The fourth-order valence-electron chi connectivity index (χ4n) is 3.77. The van der Waals surface area contributed by atoms with Gasteiger partial charge in [0.2, 0.25) is 0 Å². The first-order valence-corrected chi connectivity index (χ1v) is 12.5. The zero-order chi connectivity index (χ0) is 21.9. The van der Waals surface area contributed by atoms with Crippen LogP contribution >= 0.6 is 0 Å². The number of hydrogen-bond donors (Lipinski definition) is 1. The lowest BCUT2D eigenvalue weighted by atomic mass is 9.98. The second kappa shape index (κ2) is 11.9. The monoisotopic (exact) mass is 445 g/mol. The average molecular weight is 446 g/mol. The highest BCUT2D eigenvalue weighted by molar-refractivity contribution is 7.86. The minimum Gasteiger partial charge on any atom is -0.445 e. The van der Waals surface area contributed by atoms with E-state index in [2.05, 4.69) is 5.32 Å². The molecule has 0 radical (unpaired) electrons. The number of carbonyl (C=O) groups excluding carboxylic acids is 1. The number of carbonyl (C=O) groups is 1. The third-order valence-electron chi connectivity index (χ3n) is 5.40. The summed E-state index contributed by atoms with van der Waals surface area (Å²) in [5.74, 6) is -0.267. The predicted molar refractivity (Wildman–Crippen MR) is 120 cm³/mol. The van der Waals surface area contributed by atoms with Crippen molar-refractivity contribution in [3.63, 3.8) is 0 Å². The minimum atomic E-state index is -3.77. The zero-order valence-electron chi connectivity index (χ0n) is 17.7. The third-order valence-corrected chi connectivity index (χ3v) is 6.78. The number of hydrogen-bond acceptors (Lipinski definition) is 5. The lowest BCUT2D eigenvalue weighted by molar-refractivity contribution is 0.135. The number of rotatable bonds is 10.